The van der Waals surface area contributed by atoms with E-state index in [1.807, 2.05) is 6.92 Å². The van der Waals surface area contributed by atoms with Gasteiger partial charge < -0.3 is 14.6 Å². The molecule has 1 aromatic heterocycles. The van der Waals surface area contributed by atoms with E-state index in [0.29, 0.717) is 11.4 Å². The van der Waals surface area contributed by atoms with Crippen LogP contribution in [0.25, 0.3) is 0 Å². The molecule has 0 aliphatic heterocycles. The quantitative estimate of drug-likeness (QED) is 0.804. The van der Waals surface area contributed by atoms with Gasteiger partial charge in [-0.2, -0.15) is 0 Å². The molecular weight excluding hydrogens is 234 g/mol. The molecule has 1 heterocycles. The van der Waals surface area contributed by atoms with E-state index < -0.39 is 5.41 Å². The molecule has 0 saturated carbocycles. The number of methoxy groups -OCH3 is 1. The van der Waals surface area contributed by atoms with Crippen molar-refractivity contribution in [3.05, 3.63) is 23.5 Å². The van der Waals surface area contributed by atoms with Gasteiger partial charge in [0.25, 0.3) is 0 Å². The van der Waals surface area contributed by atoms with Crippen molar-refractivity contribution >= 4 is 5.97 Å². The zero-order chi connectivity index (χ0) is 13.8. The molecule has 0 aliphatic carbocycles. The van der Waals surface area contributed by atoms with Crippen molar-refractivity contribution < 1.29 is 19.4 Å². The molecule has 100 valence electrons. The number of aliphatic hydroxyl groups is 1. The Kier molecular flexibility index (Phi) is 4.67. The third-order valence-electron chi connectivity index (χ3n) is 2.55. The second-order valence-corrected chi connectivity index (χ2v) is 4.72. The van der Waals surface area contributed by atoms with E-state index >= 15 is 0 Å². The van der Waals surface area contributed by atoms with Crippen LogP contribution < -0.4 is 4.74 Å². The molecule has 5 heteroatoms. The number of esters is 1. The van der Waals surface area contributed by atoms with Crippen molar-refractivity contribution in [1.29, 1.82) is 0 Å². The number of aryl methyl sites for hydroxylation is 1. The molecule has 1 N–H and O–H groups in total. The van der Waals surface area contributed by atoms with Crippen LogP contribution >= 0.6 is 0 Å². The van der Waals surface area contributed by atoms with E-state index in [1.54, 1.807) is 26.0 Å². The van der Waals surface area contributed by atoms with Gasteiger partial charge in [0, 0.05) is 5.69 Å². The molecule has 0 aromatic carbocycles. The smallest absolute Gasteiger partial charge is 0.314 e. The largest absolute Gasteiger partial charge is 0.490 e. The minimum absolute atomic E-state index is 0.164. The number of aromatic nitrogens is 1. The first kappa shape index (κ1) is 14.4. The lowest BCUT2D eigenvalue weighted by Gasteiger charge is -2.22. The first-order chi connectivity index (χ1) is 8.40. The van der Waals surface area contributed by atoms with Crippen molar-refractivity contribution in [1.82, 2.24) is 4.98 Å². The fraction of sp³-hybridized carbons (Fsp3) is 0.538. The van der Waals surface area contributed by atoms with Crippen molar-refractivity contribution in [2.75, 3.05) is 13.7 Å². The molecular formula is C13H19NO4. The van der Waals surface area contributed by atoms with Crippen molar-refractivity contribution in [3.63, 3.8) is 0 Å². The Morgan fingerprint density at radius 3 is 2.67 bits per heavy atom. The summed E-state index contributed by atoms with van der Waals surface area (Å²) >= 11 is 0. The highest BCUT2D eigenvalue weighted by molar-refractivity contribution is 5.75. The minimum Gasteiger partial charge on any atom is -0.490 e. The number of nitrogens with zero attached hydrogens (tertiary/aromatic N) is 1. The summed E-state index contributed by atoms with van der Waals surface area (Å²) in [5.74, 6) is 0.146. The Morgan fingerprint density at radius 2 is 2.11 bits per heavy atom. The summed E-state index contributed by atoms with van der Waals surface area (Å²) in [7, 11) is 1.34. The monoisotopic (exact) mass is 253 g/mol. The van der Waals surface area contributed by atoms with Crippen LogP contribution in [0.3, 0.4) is 0 Å². The average Bonchev–Trinajstić information content (AvgIpc) is 2.36. The predicted octanol–water partition coefficient (Wildman–Crippen LogP) is 1.46. The normalized spacial score (nSPS) is 11.2. The van der Waals surface area contributed by atoms with E-state index in [-0.39, 0.29) is 19.2 Å². The SMILES string of the molecule is COC(=O)C(C)(C)COc1ccc(C)nc1CO. The minimum atomic E-state index is -0.744. The van der Waals surface area contributed by atoms with E-state index in [2.05, 4.69) is 4.98 Å². The van der Waals surface area contributed by atoms with Gasteiger partial charge in [-0.25, -0.2) is 0 Å². The average molecular weight is 253 g/mol. The van der Waals surface area contributed by atoms with Gasteiger partial charge in [0.15, 0.2) is 0 Å². The summed E-state index contributed by atoms with van der Waals surface area (Å²) < 4.78 is 10.2. The summed E-state index contributed by atoms with van der Waals surface area (Å²) in [4.78, 5) is 15.7. The van der Waals surface area contributed by atoms with Crippen LogP contribution in [-0.4, -0.2) is 29.8 Å². The van der Waals surface area contributed by atoms with Crippen molar-refractivity contribution in [3.8, 4) is 5.75 Å². The molecule has 0 fully saturated rings. The molecule has 0 saturated heterocycles. The molecule has 1 aromatic rings. The van der Waals surface area contributed by atoms with E-state index in [0.717, 1.165) is 5.69 Å². The van der Waals surface area contributed by atoms with E-state index in [9.17, 15) is 9.90 Å². The van der Waals surface area contributed by atoms with Gasteiger partial charge in [-0.15, -0.1) is 0 Å². The third kappa shape index (κ3) is 3.43. The first-order valence-corrected chi connectivity index (χ1v) is 5.69. The maximum Gasteiger partial charge on any atom is 0.314 e. The standard InChI is InChI=1S/C13H19NO4/c1-9-5-6-11(10(7-15)14-9)18-8-13(2,3)12(16)17-4/h5-6,15H,7-8H2,1-4H3. The van der Waals surface area contributed by atoms with Gasteiger partial charge in [-0.05, 0) is 32.9 Å². The number of hydrogen-bond acceptors (Lipinski definition) is 5. The predicted molar refractivity (Wildman–Crippen MR) is 66.2 cm³/mol. The van der Waals surface area contributed by atoms with Crippen molar-refractivity contribution in [2.45, 2.75) is 27.4 Å². The second-order valence-electron chi connectivity index (χ2n) is 4.72. The summed E-state index contributed by atoms with van der Waals surface area (Å²) in [5.41, 5.74) is 0.529. The van der Waals surface area contributed by atoms with Gasteiger partial charge in [0.2, 0.25) is 0 Å². The Balaban J connectivity index is 2.77. The van der Waals surface area contributed by atoms with Gasteiger partial charge in [0.05, 0.1) is 19.1 Å². The van der Waals surface area contributed by atoms with Crippen LogP contribution in [0.5, 0.6) is 5.75 Å². The van der Waals surface area contributed by atoms with E-state index in [1.165, 1.54) is 7.11 Å². The fourth-order valence-corrected chi connectivity index (χ4v) is 1.44. The maximum absolute atomic E-state index is 11.5. The lowest BCUT2D eigenvalue weighted by atomic mass is 9.95. The third-order valence-corrected chi connectivity index (χ3v) is 2.55. The van der Waals surface area contributed by atoms with Gasteiger partial charge in [-0.3, -0.25) is 9.78 Å². The van der Waals surface area contributed by atoms with Crippen molar-refractivity contribution in [2.24, 2.45) is 5.41 Å². The highest BCUT2D eigenvalue weighted by Gasteiger charge is 2.30. The number of aliphatic hydroxyl groups excluding tert-OH is 1. The Hall–Kier alpha value is -1.62. The summed E-state index contributed by atoms with van der Waals surface area (Å²) in [6.07, 6.45) is 0. The van der Waals surface area contributed by atoms with Crippen LogP contribution in [0, 0.1) is 12.3 Å². The Bertz CT molecular complexity index is 429. The molecule has 0 radical (unpaired) electrons. The van der Waals surface area contributed by atoms with Crippen LogP contribution in [0.4, 0.5) is 0 Å². The topological polar surface area (TPSA) is 68.7 Å². The fourth-order valence-electron chi connectivity index (χ4n) is 1.44. The molecule has 0 atom stereocenters. The molecule has 0 amide bonds. The lowest BCUT2D eigenvalue weighted by Crippen LogP contribution is -2.32. The van der Waals surface area contributed by atoms with E-state index in [4.69, 9.17) is 9.47 Å². The molecule has 0 bridgehead atoms. The zero-order valence-corrected chi connectivity index (χ0v) is 11.2. The number of carbonyl (C=O) groups excluding carboxylic acids is 1. The molecule has 0 unspecified atom stereocenters. The number of ether oxygens (including phenoxy) is 2. The molecule has 18 heavy (non-hydrogen) atoms. The molecule has 0 aliphatic rings. The molecule has 5 nitrogen and oxygen atoms in total. The number of hydrogen-bond donors (Lipinski definition) is 1. The lowest BCUT2D eigenvalue weighted by molar-refractivity contribution is -0.152. The highest BCUT2D eigenvalue weighted by atomic mass is 16.5. The maximum atomic E-state index is 11.5. The number of rotatable bonds is 5. The Morgan fingerprint density at radius 1 is 1.44 bits per heavy atom. The van der Waals surface area contributed by atoms with Gasteiger partial charge in [0.1, 0.15) is 18.1 Å². The summed E-state index contributed by atoms with van der Waals surface area (Å²) in [6, 6.07) is 3.53. The van der Waals surface area contributed by atoms with Crippen LogP contribution in [-0.2, 0) is 16.1 Å². The summed E-state index contributed by atoms with van der Waals surface area (Å²) in [5, 5.41) is 9.19. The zero-order valence-electron chi connectivity index (χ0n) is 11.2. The first-order valence-electron chi connectivity index (χ1n) is 5.69. The summed E-state index contributed by atoms with van der Waals surface area (Å²) in [6.45, 7) is 5.27. The van der Waals surface area contributed by atoms with Gasteiger partial charge in [-0.1, -0.05) is 0 Å². The highest BCUT2D eigenvalue weighted by Crippen LogP contribution is 2.22. The molecule has 1 rings (SSSR count). The molecule has 0 spiro atoms. The van der Waals surface area contributed by atoms with Crippen LogP contribution in [0.2, 0.25) is 0 Å². The Labute approximate surface area is 107 Å². The number of pyridine rings is 1. The number of carbonyl (C=O) groups is 1. The second kappa shape index (κ2) is 5.82. The van der Waals surface area contributed by atoms with Crippen LogP contribution in [0.1, 0.15) is 25.2 Å². The van der Waals surface area contributed by atoms with Gasteiger partial charge >= 0.3 is 5.97 Å². The van der Waals surface area contributed by atoms with Crippen LogP contribution in [0.15, 0.2) is 12.1 Å².